The first-order chi connectivity index (χ1) is 9.19. The standard InChI is InChI=1S/C19H29N/c1-9-19(7,8)10-16-15(6)20-18-14(5)12(3)11(2)13(4)17(16)18/h20H,9-10H2,1-8H3. The lowest BCUT2D eigenvalue weighted by molar-refractivity contribution is 0.349. The number of hydrogen-bond donors (Lipinski definition) is 1. The van der Waals surface area contributed by atoms with Gasteiger partial charge in [-0.25, -0.2) is 0 Å². The van der Waals surface area contributed by atoms with Crippen molar-refractivity contribution in [2.75, 3.05) is 0 Å². The Balaban J connectivity index is 2.77. The molecular formula is C19H29N. The zero-order chi connectivity index (χ0) is 15.2. The summed E-state index contributed by atoms with van der Waals surface area (Å²) in [4.78, 5) is 3.65. The van der Waals surface area contributed by atoms with Crippen LogP contribution in [0.5, 0.6) is 0 Å². The lowest BCUT2D eigenvalue weighted by Crippen LogP contribution is -2.14. The molecule has 1 nitrogen and oxygen atoms in total. The predicted octanol–water partition coefficient (Wildman–Crippen LogP) is 5.69. The van der Waals surface area contributed by atoms with Gasteiger partial charge < -0.3 is 4.98 Å². The molecule has 0 radical (unpaired) electrons. The highest BCUT2D eigenvalue weighted by Gasteiger charge is 2.22. The maximum atomic E-state index is 3.65. The number of fused-ring (bicyclic) bond motifs is 1. The monoisotopic (exact) mass is 271 g/mol. The second-order valence-corrected chi connectivity index (χ2v) is 7.17. The molecule has 0 amide bonds. The van der Waals surface area contributed by atoms with Gasteiger partial charge in [-0.1, -0.05) is 27.2 Å². The fourth-order valence-electron chi connectivity index (χ4n) is 3.12. The first-order valence-electron chi connectivity index (χ1n) is 7.77. The minimum Gasteiger partial charge on any atom is -0.358 e. The molecule has 0 spiro atoms. The van der Waals surface area contributed by atoms with E-state index in [9.17, 15) is 0 Å². The van der Waals surface area contributed by atoms with Crippen molar-refractivity contribution in [2.24, 2.45) is 5.41 Å². The summed E-state index contributed by atoms with van der Waals surface area (Å²) in [5.74, 6) is 0. The van der Waals surface area contributed by atoms with E-state index in [1.165, 1.54) is 50.8 Å². The highest BCUT2D eigenvalue weighted by molar-refractivity contribution is 5.92. The predicted molar refractivity (Wildman–Crippen MR) is 89.8 cm³/mol. The van der Waals surface area contributed by atoms with Crippen LogP contribution in [0.1, 0.15) is 60.7 Å². The Morgan fingerprint density at radius 1 is 0.850 bits per heavy atom. The van der Waals surface area contributed by atoms with Crippen LogP contribution in [0.3, 0.4) is 0 Å². The maximum absolute atomic E-state index is 3.65. The van der Waals surface area contributed by atoms with E-state index in [0.717, 1.165) is 6.42 Å². The molecule has 20 heavy (non-hydrogen) atoms. The average molecular weight is 271 g/mol. The lowest BCUT2D eigenvalue weighted by atomic mass is 9.81. The second kappa shape index (κ2) is 4.95. The number of aromatic nitrogens is 1. The summed E-state index contributed by atoms with van der Waals surface area (Å²) in [6.45, 7) is 18.3. The zero-order valence-electron chi connectivity index (χ0n) is 14.4. The first-order valence-corrected chi connectivity index (χ1v) is 7.77. The molecule has 110 valence electrons. The van der Waals surface area contributed by atoms with Crippen LogP contribution in [0.4, 0.5) is 0 Å². The highest BCUT2D eigenvalue weighted by atomic mass is 14.7. The van der Waals surface area contributed by atoms with E-state index in [0.29, 0.717) is 5.41 Å². The molecule has 0 saturated carbocycles. The Morgan fingerprint density at radius 2 is 1.40 bits per heavy atom. The van der Waals surface area contributed by atoms with Crippen LogP contribution in [0.25, 0.3) is 10.9 Å². The van der Waals surface area contributed by atoms with Crippen LogP contribution in [0.15, 0.2) is 0 Å². The molecule has 1 N–H and O–H groups in total. The van der Waals surface area contributed by atoms with Gasteiger partial charge in [0.25, 0.3) is 0 Å². The number of aryl methyl sites for hydroxylation is 3. The minimum absolute atomic E-state index is 0.360. The lowest BCUT2D eigenvalue weighted by Gasteiger charge is -2.23. The van der Waals surface area contributed by atoms with Gasteiger partial charge in [0.05, 0.1) is 0 Å². The Kier molecular flexibility index (Phi) is 3.75. The van der Waals surface area contributed by atoms with Crippen LogP contribution >= 0.6 is 0 Å². The molecule has 0 aliphatic heterocycles. The summed E-state index contributed by atoms with van der Waals surface area (Å²) >= 11 is 0. The first kappa shape index (κ1) is 15.2. The van der Waals surface area contributed by atoms with Crippen molar-refractivity contribution < 1.29 is 0 Å². The number of aromatic amines is 1. The van der Waals surface area contributed by atoms with Gasteiger partial charge in [0.2, 0.25) is 0 Å². The van der Waals surface area contributed by atoms with Gasteiger partial charge in [-0.2, -0.15) is 0 Å². The second-order valence-electron chi connectivity index (χ2n) is 7.17. The van der Waals surface area contributed by atoms with Crippen LogP contribution in [-0.4, -0.2) is 4.98 Å². The molecule has 0 bridgehead atoms. The summed E-state index contributed by atoms with van der Waals surface area (Å²) in [6, 6.07) is 0. The summed E-state index contributed by atoms with van der Waals surface area (Å²) < 4.78 is 0. The van der Waals surface area contributed by atoms with E-state index in [-0.39, 0.29) is 0 Å². The van der Waals surface area contributed by atoms with Crippen molar-refractivity contribution in [3.8, 4) is 0 Å². The molecule has 1 heterocycles. The number of benzene rings is 1. The van der Waals surface area contributed by atoms with Crippen molar-refractivity contribution in [1.29, 1.82) is 0 Å². The Bertz CT molecular complexity index is 656. The topological polar surface area (TPSA) is 15.8 Å². The molecular weight excluding hydrogens is 242 g/mol. The highest BCUT2D eigenvalue weighted by Crippen LogP contribution is 2.36. The van der Waals surface area contributed by atoms with Crippen molar-refractivity contribution in [3.63, 3.8) is 0 Å². The molecule has 2 aromatic rings. The Morgan fingerprint density at radius 3 is 1.95 bits per heavy atom. The largest absolute Gasteiger partial charge is 0.358 e. The van der Waals surface area contributed by atoms with Gasteiger partial charge in [0.1, 0.15) is 0 Å². The molecule has 0 aliphatic rings. The number of H-pyrrole nitrogens is 1. The third-order valence-electron chi connectivity index (χ3n) is 5.37. The van der Waals surface area contributed by atoms with E-state index in [1.54, 1.807) is 0 Å². The van der Waals surface area contributed by atoms with Gasteiger partial charge in [-0.15, -0.1) is 0 Å². The van der Waals surface area contributed by atoms with Crippen LogP contribution < -0.4 is 0 Å². The molecule has 1 heteroatoms. The summed E-state index contributed by atoms with van der Waals surface area (Å²) in [5, 5.41) is 1.48. The van der Waals surface area contributed by atoms with E-state index in [2.05, 4.69) is 60.4 Å². The molecule has 0 unspecified atom stereocenters. The van der Waals surface area contributed by atoms with E-state index >= 15 is 0 Å². The number of hydrogen-bond acceptors (Lipinski definition) is 0. The van der Waals surface area contributed by atoms with Gasteiger partial charge >= 0.3 is 0 Å². The zero-order valence-corrected chi connectivity index (χ0v) is 14.4. The fourth-order valence-corrected chi connectivity index (χ4v) is 3.12. The summed E-state index contributed by atoms with van der Waals surface area (Å²) in [5.41, 5.74) is 10.3. The number of nitrogens with one attached hydrogen (secondary N) is 1. The molecule has 1 aromatic heterocycles. The molecule has 0 aliphatic carbocycles. The average Bonchev–Trinajstić information content (AvgIpc) is 2.71. The molecule has 1 aromatic carbocycles. The summed E-state index contributed by atoms with van der Waals surface area (Å²) in [7, 11) is 0. The van der Waals surface area contributed by atoms with E-state index < -0.39 is 0 Å². The molecule has 2 rings (SSSR count). The van der Waals surface area contributed by atoms with Crippen LogP contribution in [0.2, 0.25) is 0 Å². The van der Waals surface area contributed by atoms with Gasteiger partial charge in [-0.05, 0) is 74.3 Å². The van der Waals surface area contributed by atoms with Crippen molar-refractivity contribution in [1.82, 2.24) is 4.98 Å². The van der Waals surface area contributed by atoms with Crippen LogP contribution in [-0.2, 0) is 6.42 Å². The van der Waals surface area contributed by atoms with Gasteiger partial charge in [0.15, 0.2) is 0 Å². The smallest absolute Gasteiger partial charge is 0.0494 e. The van der Waals surface area contributed by atoms with E-state index in [1.807, 2.05) is 0 Å². The Labute approximate surface area is 123 Å². The fraction of sp³-hybridized carbons (Fsp3) is 0.579. The maximum Gasteiger partial charge on any atom is 0.0494 e. The van der Waals surface area contributed by atoms with Crippen molar-refractivity contribution >= 4 is 10.9 Å². The SMILES string of the molecule is CCC(C)(C)Cc1c(C)[nH]c2c(C)c(C)c(C)c(C)c12. The molecule has 0 saturated heterocycles. The van der Waals surface area contributed by atoms with Crippen molar-refractivity contribution in [2.45, 2.75) is 68.2 Å². The third kappa shape index (κ3) is 2.28. The van der Waals surface area contributed by atoms with Crippen molar-refractivity contribution in [3.05, 3.63) is 33.5 Å². The molecule has 0 fully saturated rings. The quantitative estimate of drug-likeness (QED) is 0.738. The van der Waals surface area contributed by atoms with Gasteiger partial charge in [-0.3, -0.25) is 0 Å². The van der Waals surface area contributed by atoms with Gasteiger partial charge in [0, 0.05) is 16.6 Å². The Hall–Kier alpha value is -1.24. The summed E-state index contributed by atoms with van der Waals surface area (Å²) in [6.07, 6.45) is 2.36. The molecule has 0 atom stereocenters. The van der Waals surface area contributed by atoms with Crippen LogP contribution in [0, 0.1) is 40.0 Å². The normalized spacial score (nSPS) is 12.4. The third-order valence-corrected chi connectivity index (χ3v) is 5.37. The van der Waals surface area contributed by atoms with E-state index in [4.69, 9.17) is 0 Å². The minimum atomic E-state index is 0.360. The number of rotatable bonds is 3.